The van der Waals surface area contributed by atoms with Crippen LogP contribution in [0.3, 0.4) is 0 Å². The number of hydrogen-bond donors (Lipinski definition) is 2. The summed E-state index contributed by atoms with van der Waals surface area (Å²) in [5, 5.41) is 8.92. The van der Waals surface area contributed by atoms with Crippen molar-refractivity contribution in [2.45, 2.75) is 46.0 Å². The number of hydrogen-bond acceptors (Lipinski definition) is 1. The van der Waals surface area contributed by atoms with Crippen molar-refractivity contribution in [3.8, 4) is 0 Å². The molecule has 0 spiro atoms. The van der Waals surface area contributed by atoms with Crippen molar-refractivity contribution in [3.05, 3.63) is 23.5 Å². The van der Waals surface area contributed by atoms with Gasteiger partial charge < -0.3 is 10.1 Å². The number of aryl methyl sites for hydroxylation is 2. The van der Waals surface area contributed by atoms with E-state index in [-0.39, 0.29) is 5.92 Å². The fourth-order valence-electron chi connectivity index (χ4n) is 2.03. The van der Waals surface area contributed by atoms with E-state index in [2.05, 4.69) is 18.0 Å². The van der Waals surface area contributed by atoms with Gasteiger partial charge in [-0.25, -0.2) is 0 Å². The molecule has 0 aromatic carbocycles. The number of aromatic nitrogens is 1. The highest BCUT2D eigenvalue weighted by Crippen LogP contribution is 2.16. The predicted molar refractivity (Wildman–Crippen MR) is 64.5 cm³/mol. The van der Waals surface area contributed by atoms with Gasteiger partial charge in [0.2, 0.25) is 0 Å². The third kappa shape index (κ3) is 3.40. The predicted octanol–water partition coefficient (Wildman–Crippen LogP) is 3.01. The molecule has 0 aliphatic carbocycles. The largest absolute Gasteiger partial charge is 0.481 e. The Morgan fingerprint density at radius 3 is 2.81 bits per heavy atom. The van der Waals surface area contributed by atoms with E-state index in [4.69, 9.17) is 5.11 Å². The molecule has 2 N–H and O–H groups in total. The first-order valence-corrected chi connectivity index (χ1v) is 6.06. The summed E-state index contributed by atoms with van der Waals surface area (Å²) in [6.07, 6.45) is 6.39. The van der Waals surface area contributed by atoms with Crippen molar-refractivity contribution < 1.29 is 9.90 Å². The third-order valence-corrected chi connectivity index (χ3v) is 3.13. The quantitative estimate of drug-likeness (QED) is 0.746. The number of H-pyrrole nitrogens is 1. The average molecular weight is 223 g/mol. The summed E-state index contributed by atoms with van der Waals surface area (Å²) in [6, 6.07) is 2.10. The summed E-state index contributed by atoms with van der Waals surface area (Å²) in [6.45, 7) is 4.07. The van der Waals surface area contributed by atoms with Crippen LogP contribution in [0.1, 0.15) is 44.4 Å². The van der Waals surface area contributed by atoms with Crippen molar-refractivity contribution in [2.75, 3.05) is 0 Å². The van der Waals surface area contributed by atoms with Gasteiger partial charge in [0.15, 0.2) is 0 Å². The van der Waals surface area contributed by atoms with Gasteiger partial charge in [-0.1, -0.05) is 13.8 Å². The molecule has 90 valence electrons. The molecule has 0 fully saturated rings. The van der Waals surface area contributed by atoms with E-state index in [1.807, 2.05) is 13.1 Å². The van der Waals surface area contributed by atoms with Gasteiger partial charge in [0.25, 0.3) is 0 Å². The molecule has 0 aliphatic rings. The van der Waals surface area contributed by atoms with Crippen LogP contribution < -0.4 is 0 Å². The SMILES string of the molecule is CCc1cc[nH]c1CCCC(CC)C(=O)O. The van der Waals surface area contributed by atoms with Crippen molar-refractivity contribution in [2.24, 2.45) is 5.92 Å². The minimum absolute atomic E-state index is 0.181. The van der Waals surface area contributed by atoms with E-state index in [1.165, 1.54) is 11.3 Å². The standard InChI is InChI=1S/C13H21NO2/c1-3-10-8-9-14-12(10)7-5-6-11(4-2)13(15)16/h8-9,11,14H,3-7H2,1-2H3,(H,15,16). The molecule has 1 rings (SSSR count). The molecule has 16 heavy (non-hydrogen) atoms. The van der Waals surface area contributed by atoms with Gasteiger partial charge in [-0.2, -0.15) is 0 Å². The molecule has 1 aromatic rings. The molecule has 1 atom stereocenters. The van der Waals surface area contributed by atoms with Gasteiger partial charge in [0.05, 0.1) is 5.92 Å². The first-order valence-electron chi connectivity index (χ1n) is 6.06. The monoisotopic (exact) mass is 223 g/mol. The highest BCUT2D eigenvalue weighted by molar-refractivity contribution is 5.69. The minimum atomic E-state index is -0.662. The van der Waals surface area contributed by atoms with Crippen LogP contribution in [0, 0.1) is 5.92 Å². The molecule has 0 amide bonds. The van der Waals surface area contributed by atoms with Gasteiger partial charge in [0.1, 0.15) is 0 Å². The van der Waals surface area contributed by atoms with E-state index in [0.29, 0.717) is 0 Å². The molecule has 3 nitrogen and oxygen atoms in total. The number of carboxylic acids is 1. The van der Waals surface area contributed by atoms with E-state index in [0.717, 1.165) is 32.1 Å². The van der Waals surface area contributed by atoms with Crippen molar-refractivity contribution in [1.29, 1.82) is 0 Å². The Hall–Kier alpha value is -1.25. The normalized spacial score (nSPS) is 12.6. The van der Waals surface area contributed by atoms with E-state index in [1.54, 1.807) is 0 Å². The van der Waals surface area contributed by atoms with Crippen LogP contribution in [0.2, 0.25) is 0 Å². The molecule has 0 saturated heterocycles. The number of aliphatic carboxylic acids is 1. The molecule has 0 bridgehead atoms. The Kier molecular flexibility index (Phi) is 5.09. The topological polar surface area (TPSA) is 53.1 Å². The Bertz CT molecular complexity index is 330. The molecule has 1 unspecified atom stereocenters. The average Bonchev–Trinajstić information content (AvgIpc) is 2.71. The van der Waals surface area contributed by atoms with Gasteiger partial charge in [-0.05, 0) is 43.7 Å². The molecular formula is C13H21NO2. The zero-order valence-corrected chi connectivity index (χ0v) is 10.1. The molecular weight excluding hydrogens is 202 g/mol. The molecule has 0 saturated carbocycles. The summed E-state index contributed by atoms with van der Waals surface area (Å²) in [5.74, 6) is -0.843. The Morgan fingerprint density at radius 1 is 1.50 bits per heavy atom. The van der Waals surface area contributed by atoms with Gasteiger partial charge in [0, 0.05) is 11.9 Å². The number of nitrogens with one attached hydrogen (secondary N) is 1. The Morgan fingerprint density at radius 2 is 2.25 bits per heavy atom. The number of carbonyl (C=O) groups is 1. The fraction of sp³-hybridized carbons (Fsp3) is 0.615. The highest BCUT2D eigenvalue weighted by atomic mass is 16.4. The smallest absolute Gasteiger partial charge is 0.306 e. The van der Waals surface area contributed by atoms with Crippen molar-refractivity contribution >= 4 is 5.97 Å². The van der Waals surface area contributed by atoms with E-state index < -0.39 is 5.97 Å². The molecule has 1 aromatic heterocycles. The first-order chi connectivity index (χ1) is 7.69. The second-order valence-electron chi connectivity index (χ2n) is 4.17. The van der Waals surface area contributed by atoms with Crippen LogP contribution in [0.15, 0.2) is 12.3 Å². The Labute approximate surface area is 96.9 Å². The summed E-state index contributed by atoms with van der Waals surface area (Å²) < 4.78 is 0. The summed E-state index contributed by atoms with van der Waals surface area (Å²) in [4.78, 5) is 14.1. The third-order valence-electron chi connectivity index (χ3n) is 3.13. The van der Waals surface area contributed by atoms with Crippen molar-refractivity contribution in [1.82, 2.24) is 4.98 Å². The fourth-order valence-corrected chi connectivity index (χ4v) is 2.03. The summed E-state index contributed by atoms with van der Waals surface area (Å²) in [7, 11) is 0. The zero-order chi connectivity index (χ0) is 12.0. The maximum absolute atomic E-state index is 10.8. The second kappa shape index (κ2) is 6.36. The maximum atomic E-state index is 10.8. The summed E-state index contributed by atoms with van der Waals surface area (Å²) in [5.41, 5.74) is 2.62. The molecule has 3 heteroatoms. The molecule has 0 radical (unpaired) electrons. The number of rotatable bonds is 7. The zero-order valence-electron chi connectivity index (χ0n) is 10.1. The van der Waals surface area contributed by atoms with E-state index in [9.17, 15) is 4.79 Å². The van der Waals surface area contributed by atoms with Gasteiger partial charge >= 0.3 is 5.97 Å². The van der Waals surface area contributed by atoms with Crippen LogP contribution in [-0.2, 0) is 17.6 Å². The van der Waals surface area contributed by atoms with Gasteiger partial charge in [-0.3, -0.25) is 4.79 Å². The van der Waals surface area contributed by atoms with E-state index >= 15 is 0 Å². The molecule has 1 heterocycles. The van der Waals surface area contributed by atoms with Crippen molar-refractivity contribution in [3.63, 3.8) is 0 Å². The lowest BCUT2D eigenvalue weighted by atomic mass is 9.98. The van der Waals surface area contributed by atoms with Crippen LogP contribution in [0.5, 0.6) is 0 Å². The second-order valence-corrected chi connectivity index (χ2v) is 4.17. The number of carboxylic acid groups (broad SMARTS) is 1. The lowest BCUT2D eigenvalue weighted by Gasteiger charge is -2.09. The Balaban J connectivity index is 2.38. The first kappa shape index (κ1) is 12.8. The van der Waals surface area contributed by atoms with Crippen LogP contribution in [-0.4, -0.2) is 16.1 Å². The van der Waals surface area contributed by atoms with Gasteiger partial charge in [-0.15, -0.1) is 0 Å². The lowest BCUT2D eigenvalue weighted by molar-refractivity contribution is -0.142. The van der Waals surface area contributed by atoms with Crippen LogP contribution in [0.25, 0.3) is 0 Å². The molecule has 0 aliphatic heterocycles. The highest BCUT2D eigenvalue weighted by Gasteiger charge is 2.14. The summed E-state index contributed by atoms with van der Waals surface area (Å²) >= 11 is 0. The lowest BCUT2D eigenvalue weighted by Crippen LogP contribution is -2.12. The maximum Gasteiger partial charge on any atom is 0.306 e. The number of aromatic amines is 1. The van der Waals surface area contributed by atoms with Crippen LogP contribution in [0.4, 0.5) is 0 Å². The van der Waals surface area contributed by atoms with Crippen LogP contribution >= 0.6 is 0 Å². The minimum Gasteiger partial charge on any atom is -0.481 e.